The molecule has 1 N–H and O–H groups in total. The van der Waals surface area contributed by atoms with Gasteiger partial charge in [-0.1, -0.05) is 12.1 Å². The molecule has 0 aromatic heterocycles. The van der Waals surface area contributed by atoms with E-state index in [1.807, 2.05) is 0 Å². The molecule has 0 aliphatic rings. The number of benzene rings is 1. The zero-order valence-corrected chi connectivity index (χ0v) is 7.74. The molecule has 1 rings (SSSR count). The van der Waals surface area contributed by atoms with Gasteiger partial charge in [0.2, 0.25) is 0 Å². The molecule has 0 amide bonds. The van der Waals surface area contributed by atoms with E-state index < -0.39 is 0 Å². The van der Waals surface area contributed by atoms with Crippen molar-refractivity contribution >= 4 is 17.4 Å². The highest BCUT2D eigenvalue weighted by atomic mass is 32.2. The van der Waals surface area contributed by atoms with Crippen LogP contribution in [0.5, 0.6) is 0 Å². The van der Waals surface area contributed by atoms with Crippen LogP contribution < -0.4 is 5.32 Å². The second-order valence-electron chi connectivity index (χ2n) is 2.23. The molecule has 1 nitrogen and oxygen atoms in total. The lowest BCUT2D eigenvalue weighted by molar-refractivity contribution is 1.19. The van der Waals surface area contributed by atoms with Gasteiger partial charge in [-0.05, 0) is 25.3 Å². The highest BCUT2D eigenvalue weighted by molar-refractivity contribution is 7.98. The van der Waals surface area contributed by atoms with Crippen LogP contribution >= 0.6 is 11.8 Å². The second-order valence-corrected chi connectivity index (χ2v) is 3.08. The summed E-state index contributed by atoms with van der Waals surface area (Å²) < 4.78 is 0. The molecule has 0 aliphatic heterocycles. The summed E-state index contributed by atoms with van der Waals surface area (Å²) in [5.41, 5.74) is 1.24. The predicted molar refractivity (Wildman–Crippen MR) is 52.4 cm³/mol. The number of nitrogens with one attached hydrogen (secondary N) is 1. The summed E-state index contributed by atoms with van der Waals surface area (Å²) in [5, 5.41) is 3.31. The molecule has 0 saturated heterocycles. The van der Waals surface area contributed by atoms with Crippen molar-refractivity contribution < 1.29 is 0 Å². The van der Waals surface area contributed by atoms with Gasteiger partial charge in [-0.3, -0.25) is 0 Å². The monoisotopic (exact) mass is 167 g/mol. The number of hydrogen-bond donors (Lipinski definition) is 1. The van der Waals surface area contributed by atoms with Crippen LogP contribution in [0.15, 0.2) is 29.2 Å². The third-order valence-corrected chi connectivity index (χ3v) is 2.27. The minimum absolute atomic E-state index is 0.984. The molecular formula is C9H13NS. The first-order chi connectivity index (χ1) is 5.38. The zero-order valence-electron chi connectivity index (χ0n) is 6.92. The molecule has 0 radical (unpaired) electrons. The van der Waals surface area contributed by atoms with Crippen molar-refractivity contribution in [2.45, 2.75) is 11.8 Å². The van der Waals surface area contributed by atoms with Gasteiger partial charge in [0.25, 0.3) is 0 Å². The molecule has 0 fully saturated rings. The Morgan fingerprint density at radius 1 is 1.36 bits per heavy atom. The van der Waals surface area contributed by atoms with Crippen LogP contribution in [-0.4, -0.2) is 12.8 Å². The van der Waals surface area contributed by atoms with Gasteiger partial charge in [0.15, 0.2) is 0 Å². The Bertz CT molecular complexity index is 223. The van der Waals surface area contributed by atoms with Crippen molar-refractivity contribution in [1.82, 2.24) is 0 Å². The van der Waals surface area contributed by atoms with Crippen LogP contribution in [0.25, 0.3) is 0 Å². The number of thioether (sulfide) groups is 1. The summed E-state index contributed by atoms with van der Waals surface area (Å²) in [6.07, 6.45) is 2.09. The van der Waals surface area contributed by atoms with Gasteiger partial charge in [0, 0.05) is 17.1 Å². The Balaban J connectivity index is 2.83. The molecule has 0 bridgehead atoms. The summed E-state index contributed by atoms with van der Waals surface area (Å²) in [7, 11) is 0. The highest BCUT2D eigenvalue weighted by Crippen LogP contribution is 2.23. The van der Waals surface area contributed by atoms with Gasteiger partial charge in [0.05, 0.1) is 0 Å². The minimum Gasteiger partial charge on any atom is -0.384 e. The van der Waals surface area contributed by atoms with Crippen molar-refractivity contribution in [2.75, 3.05) is 18.1 Å². The Morgan fingerprint density at radius 3 is 2.73 bits per heavy atom. The number of hydrogen-bond acceptors (Lipinski definition) is 2. The Hall–Kier alpha value is -0.630. The van der Waals surface area contributed by atoms with Gasteiger partial charge in [-0.15, -0.1) is 11.8 Å². The van der Waals surface area contributed by atoms with E-state index in [2.05, 4.69) is 42.8 Å². The van der Waals surface area contributed by atoms with Gasteiger partial charge < -0.3 is 5.32 Å². The third kappa shape index (κ3) is 2.15. The van der Waals surface area contributed by atoms with Crippen molar-refractivity contribution in [3.05, 3.63) is 24.3 Å². The molecule has 2 heteroatoms. The van der Waals surface area contributed by atoms with E-state index in [1.54, 1.807) is 11.8 Å². The normalized spacial score (nSPS) is 9.64. The quantitative estimate of drug-likeness (QED) is 0.695. The van der Waals surface area contributed by atoms with Crippen LogP contribution in [-0.2, 0) is 0 Å². The largest absolute Gasteiger partial charge is 0.384 e. The van der Waals surface area contributed by atoms with E-state index in [4.69, 9.17) is 0 Å². The van der Waals surface area contributed by atoms with Crippen molar-refractivity contribution in [2.24, 2.45) is 0 Å². The number of para-hydroxylation sites is 1. The summed E-state index contributed by atoms with van der Waals surface area (Å²) in [5.74, 6) is 0. The maximum Gasteiger partial charge on any atom is 0.0478 e. The average molecular weight is 167 g/mol. The first-order valence-electron chi connectivity index (χ1n) is 3.75. The van der Waals surface area contributed by atoms with Gasteiger partial charge >= 0.3 is 0 Å². The van der Waals surface area contributed by atoms with Crippen LogP contribution in [0.2, 0.25) is 0 Å². The van der Waals surface area contributed by atoms with E-state index in [0.29, 0.717) is 0 Å². The lowest BCUT2D eigenvalue weighted by atomic mass is 10.3. The Kier molecular flexibility index (Phi) is 3.30. The minimum atomic E-state index is 0.984. The van der Waals surface area contributed by atoms with Crippen LogP contribution in [0.4, 0.5) is 5.69 Å². The molecule has 1 aromatic carbocycles. The molecule has 0 spiro atoms. The lowest BCUT2D eigenvalue weighted by Gasteiger charge is -2.06. The van der Waals surface area contributed by atoms with Gasteiger partial charge in [0.1, 0.15) is 0 Å². The maximum absolute atomic E-state index is 3.31. The second kappa shape index (κ2) is 4.29. The zero-order chi connectivity index (χ0) is 8.10. The first-order valence-corrected chi connectivity index (χ1v) is 4.98. The van der Waals surface area contributed by atoms with Crippen LogP contribution in [0.3, 0.4) is 0 Å². The van der Waals surface area contributed by atoms with E-state index in [-0.39, 0.29) is 0 Å². The number of anilines is 1. The highest BCUT2D eigenvalue weighted by Gasteiger charge is 1.95. The molecule has 0 unspecified atom stereocenters. The van der Waals surface area contributed by atoms with Gasteiger partial charge in [-0.25, -0.2) is 0 Å². The fraction of sp³-hybridized carbons (Fsp3) is 0.333. The Labute approximate surface area is 72.2 Å². The fourth-order valence-electron chi connectivity index (χ4n) is 0.981. The molecule has 0 atom stereocenters. The smallest absolute Gasteiger partial charge is 0.0478 e. The van der Waals surface area contributed by atoms with E-state index >= 15 is 0 Å². The predicted octanol–water partition coefficient (Wildman–Crippen LogP) is 2.84. The summed E-state index contributed by atoms with van der Waals surface area (Å²) in [6, 6.07) is 8.35. The average Bonchev–Trinajstić information content (AvgIpc) is 2.06. The first kappa shape index (κ1) is 8.47. The third-order valence-electron chi connectivity index (χ3n) is 1.47. The van der Waals surface area contributed by atoms with Gasteiger partial charge in [-0.2, -0.15) is 0 Å². The van der Waals surface area contributed by atoms with Crippen molar-refractivity contribution in [1.29, 1.82) is 0 Å². The molecule has 1 aromatic rings. The van der Waals surface area contributed by atoms with E-state index in [1.165, 1.54) is 10.6 Å². The SMILES string of the molecule is CCNc1ccccc1SC. The van der Waals surface area contributed by atoms with Crippen molar-refractivity contribution in [3.8, 4) is 0 Å². The van der Waals surface area contributed by atoms with E-state index in [0.717, 1.165) is 6.54 Å². The van der Waals surface area contributed by atoms with Crippen molar-refractivity contribution in [3.63, 3.8) is 0 Å². The topological polar surface area (TPSA) is 12.0 Å². The lowest BCUT2D eigenvalue weighted by Crippen LogP contribution is -1.97. The summed E-state index contributed by atoms with van der Waals surface area (Å²) >= 11 is 1.77. The molecule has 11 heavy (non-hydrogen) atoms. The molecule has 60 valence electrons. The summed E-state index contributed by atoms with van der Waals surface area (Å²) in [4.78, 5) is 1.31. The van der Waals surface area contributed by atoms with E-state index in [9.17, 15) is 0 Å². The Morgan fingerprint density at radius 2 is 2.09 bits per heavy atom. The maximum atomic E-state index is 3.31. The fourth-order valence-corrected chi connectivity index (χ4v) is 1.56. The summed E-state index contributed by atoms with van der Waals surface area (Å²) in [6.45, 7) is 3.09. The number of rotatable bonds is 3. The molecule has 0 saturated carbocycles. The molecule has 0 aliphatic carbocycles. The standard InChI is InChI=1S/C9H13NS/c1-3-10-8-6-4-5-7-9(8)11-2/h4-7,10H,3H2,1-2H3. The molecule has 0 heterocycles. The molecular weight excluding hydrogens is 154 g/mol. The van der Waals surface area contributed by atoms with Crippen LogP contribution in [0.1, 0.15) is 6.92 Å². The van der Waals surface area contributed by atoms with Crippen LogP contribution in [0, 0.1) is 0 Å².